The minimum absolute atomic E-state index is 0.157. The van der Waals surface area contributed by atoms with Crippen LogP contribution >= 0.6 is 0 Å². The summed E-state index contributed by atoms with van der Waals surface area (Å²) in [7, 11) is 1.63. The number of methoxy groups -OCH3 is 1. The fourth-order valence-electron chi connectivity index (χ4n) is 2.73. The summed E-state index contributed by atoms with van der Waals surface area (Å²) < 4.78 is 5.12. The Labute approximate surface area is 121 Å². The number of nitrogens with zero attached hydrogens (tertiary/aromatic N) is 1. The van der Waals surface area contributed by atoms with Gasteiger partial charge in [-0.25, -0.2) is 0 Å². The normalized spacial score (nSPS) is 16.9. The Morgan fingerprint density at radius 1 is 1.30 bits per heavy atom. The fraction of sp³-hybridized carbons (Fsp3) is 0.471. The van der Waals surface area contributed by atoms with Crippen LogP contribution in [-0.4, -0.2) is 37.4 Å². The van der Waals surface area contributed by atoms with Gasteiger partial charge in [-0.15, -0.1) is 0 Å². The minimum atomic E-state index is 0.157. The number of piperidine rings is 1. The van der Waals surface area contributed by atoms with Crippen molar-refractivity contribution in [2.24, 2.45) is 5.92 Å². The van der Waals surface area contributed by atoms with E-state index >= 15 is 0 Å². The molecule has 2 rings (SSSR count). The Morgan fingerprint density at radius 3 is 2.40 bits per heavy atom. The van der Waals surface area contributed by atoms with Crippen molar-refractivity contribution in [3.63, 3.8) is 0 Å². The van der Waals surface area contributed by atoms with E-state index in [0.717, 1.165) is 43.8 Å². The first-order chi connectivity index (χ1) is 9.60. The minimum Gasteiger partial charge on any atom is -0.497 e. The van der Waals surface area contributed by atoms with Gasteiger partial charge in [-0.05, 0) is 57.1 Å². The highest BCUT2D eigenvalue weighted by Crippen LogP contribution is 2.23. The summed E-state index contributed by atoms with van der Waals surface area (Å²) in [6, 6.07) is 7.43. The second-order valence-corrected chi connectivity index (χ2v) is 5.60. The van der Waals surface area contributed by atoms with Crippen molar-refractivity contribution in [3.8, 4) is 5.75 Å². The highest BCUT2D eigenvalue weighted by Gasteiger charge is 2.25. The van der Waals surface area contributed by atoms with E-state index < -0.39 is 0 Å². The van der Waals surface area contributed by atoms with Gasteiger partial charge in [-0.3, -0.25) is 9.69 Å². The zero-order chi connectivity index (χ0) is 14.5. The summed E-state index contributed by atoms with van der Waals surface area (Å²) in [5, 5.41) is 0. The van der Waals surface area contributed by atoms with Gasteiger partial charge >= 0.3 is 0 Å². The molecule has 1 heterocycles. The maximum atomic E-state index is 12.5. The van der Waals surface area contributed by atoms with Gasteiger partial charge in [-0.1, -0.05) is 12.2 Å². The molecule has 0 amide bonds. The lowest BCUT2D eigenvalue weighted by Crippen LogP contribution is -2.37. The first-order valence-electron chi connectivity index (χ1n) is 7.15. The van der Waals surface area contributed by atoms with Gasteiger partial charge in [0.2, 0.25) is 0 Å². The van der Waals surface area contributed by atoms with Gasteiger partial charge in [-0.2, -0.15) is 0 Å². The Bertz CT molecular complexity index is 470. The van der Waals surface area contributed by atoms with Crippen LogP contribution in [0, 0.1) is 5.92 Å². The Morgan fingerprint density at radius 2 is 1.90 bits per heavy atom. The molecule has 1 aliphatic rings. The Balaban J connectivity index is 1.92. The molecule has 0 unspecified atom stereocenters. The number of carbonyl (C=O) groups is 1. The topological polar surface area (TPSA) is 29.5 Å². The smallest absolute Gasteiger partial charge is 0.166 e. The predicted molar refractivity (Wildman–Crippen MR) is 81.3 cm³/mol. The number of hydrogen-bond donors (Lipinski definition) is 0. The average Bonchev–Trinajstić information content (AvgIpc) is 2.47. The van der Waals surface area contributed by atoms with Crippen molar-refractivity contribution in [1.82, 2.24) is 4.90 Å². The SMILES string of the molecule is C=C(C)CN1CCC(C(=O)c2ccc(OC)cc2)CC1. The molecule has 0 saturated carbocycles. The van der Waals surface area contributed by atoms with Crippen LogP contribution in [0.25, 0.3) is 0 Å². The van der Waals surface area contributed by atoms with Crippen LogP contribution in [0.2, 0.25) is 0 Å². The van der Waals surface area contributed by atoms with Crippen molar-refractivity contribution in [2.75, 3.05) is 26.7 Å². The van der Waals surface area contributed by atoms with Crippen LogP contribution < -0.4 is 4.74 Å². The summed E-state index contributed by atoms with van der Waals surface area (Å²) in [6.07, 6.45) is 1.89. The van der Waals surface area contributed by atoms with Crippen LogP contribution in [0.5, 0.6) is 5.75 Å². The number of rotatable bonds is 5. The van der Waals surface area contributed by atoms with Crippen molar-refractivity contribution >= 4 is 5.78 Å². The predicted octanol–water partition coefficient (Wildman–Crippen LogP) is 3.17. The van der Waals surface area contributed by atoms with Gasteiger partial charge in [0.15, 0.2) is 5.78 Å². The highest BCUT2D eigenvalue weighted by molar-refractivity contribution is 5.98. The molecule has 0 bridgehead atoms. The van der Waals surface area contributed by atoms with Crippen LogP contribution in [-0.2, 0) is 0 Å². The molecular formula is C17H23NO2. The Hall–Kier alpha value is -1.61. The standard InChI is InChI=1S/C17H23NO2/c1-13(2)12-18-10-8-15(9-11-18)17(19)14-4-6-16(20-3)7-5-14/h4-7,15H,1,8-12H2,2-3H3. The van der Waals surface area contributed by atoms with Crippen LogP contribution in [0.3, 0.4) is 0 Å². The molecule has 1 aromatic carbocycles. The number of carbonyl (C=O) groups excluding carboxylic acids is 1. The quantitative estimate of drug-likeness (QED) is 0.609. The molecule has 0 N–H and O–H groups in total. The van der Waals surface area contributed by atoms with Crippen LogP contribution in [0.4, 0.5) is 0 Å². The lowest BCUT2D eigenvalue weighted by molar-refractivity contribution is 0.0847. The van der Waals surface area contributed by atoms with Crippen molar-refractivity contribution < 1.29 is 9.53 Å². The first kappa shape index (κ1) is 14.8. The molecule has 0 radical (unpaired) electrons. The molecule has 0 spiro atoms. The first-order valence-corrected chi connectivity index (χ1v) is 7.15. The van der Waals surface area contributed by atoms with Gasteiger partial charge in [0.1, 0.15) is 5.75 Å². The summed E-state index contributed by atoms with van der Waals surface area (Å²) in [5.41, 5.74) is 1.98. The molecule has 0 atom stereocenters. The average molecular weight is 273 g/mol. The third-order valence-electron chi connectivity index (χ3n) is 3.83. The largest absolute Gasteiger partial charge is 0.497 e. The second kappa shape index (κ2) is 6.71. The zero-order valence-corrected chi connectivity index (χ0v) is 12.4. The number of ether oxygens (including phenoxy) is 1. The highest BCUT2D eigenvalue weighted by atomic mass is 16.5. The van der Waals surface area contributed by atoms with E-state index in [-0.39, 0.29) is 11.7 Å². The van der Waals surface area contributed by atoms with Crippen molar-refractivity contribution in [3.05, 3.63) is 42.0 Å². The molecule has 1 fully saturated rings. The van der Waals surface area contributed by atoms with E-state index in [4.69, 9.17) is 4.74 Å². The molecule has 0 aliphatic carbocycles. The molecule has 1 saturated heterocycles. The van der Waals surface area contributed by atoms with Gasteiger partial charge in [0, 0.05) is 18.0 Å². The van der Waals surface area contributed by atoms with E-state index in [2.05, 4.69) is 18.4 Å². The molecule has 3 nitrogen and oxygen atoms in total. The Kier molecular flexibility index (Phi) is 4.96. The molecular weight excluding hydrogens is 250 g/mol. The van der Waals surface area contributed by atoms with Crippen molar-refractivity contribution in [1.29, 1.82) is 0 Å². The maximum Gasteiger partial charge on any atom is 0.166 e. The van der Waals surface area contributed by atoms with Gasteiger partial charge in [0.05, 0.1) is 7.11 Å². The number of hydrogen-bond acceptors (Lipinski definition) is 3. The molecule has 1 aliphatic heterocycles. The molecule has 0 aromatic heterocycles. The lowest BCUT2D eigenvalue weighted by atomic mass is 9.89. The summed E-state index contributed by atoms with van der Waals surface area (Å²) in [4.78, 5) is 14.8. The monoisotopic (exact) mass is 273 g/mol. The van der Waals surface area contributed by atoms with Crippen LogP contribution in [0.1, 0.15) is 30.1 Å². The third kappa shape index (κ3) is 3.70. The molecule has 108 valence electrons. The lowest BCUT2D eigenvalue weighted by Gasteiger charge is -2.31. The summed E-state index contributed by atoms with van der Waals surface area (Å²) in [5.74, 6) is 1.21. The van der Waals surface area contributed by atoms with E-state index in [0.29, 0.717) is 0 Å². The fourth-order valence-corrected chi connectivity index (χ4v) is 2.73. The zero-order valence-electron chi connectivity index (χ0n) is 12.4. The van der Waals surface area contributed by atoms with Gasteiger partial charge in [0.25, 0.3) is 0 Å². The number of ketones is 1. The van der Waals surface area contributed by atoms with Gasteiger partial charge < -0.3 is 4.74 Å². The molecule has 1 aromatic rings. The second-order valence-electron chi connectivity index (χ2n) is 5.60. The van der Waals surface area contributed by atoms with Crippen LogP contribution in [0.15, 0.2) is 36.4 Å². The maximum absolute atomic E-state index is 12.5. The molecule has 3 heteroatoms. The van der Waals surface area contributed by atoms with E-state index in [1.807, 2.05) is 24.3 Å². The molecule has 20 heavy (non-hydrogen) atoms. The van der Waals surface area contributed by atoms with E-state index in [1.54, 1.807) is 7.11 Å². The number of Topliss-reactive ketones (excluding diaryl/α,β-unsaturated/α-hetero) is 1. The summed E-state index contributed by atoms with van der Waals surface area (Å²) >= 11 is 0. The summed E-state index contributed by atoms with van der Waals surface area (Å²) in [6.45, 7) is 8.92. The third-order valence-corrected chi connectivity index (χ3v) is 3.83. The van der Waals surface area contributed by atoms with Crippen molar-refractivity contribution in [2.45, 2.75) is 19.8 Å². The van der Waals surface area contributed by atoms with E-state index in [9.17, 15) is 4.79 Å². The van der Waals surface area contributed by atoms with E-state index in [1.165, 1.54) is 5.57 Å². The number of likely N-dealkylation sites (tertiary alicyclic amines) is 1. The number of benzene rings is 1.